The van der Waals surface area contributed by atoms with E-state index in [4.69, 9.17) is 5.84 Å². The first-order chi connectivity index (χ1) is 8.57. The molecule has 5 nitrogen and oxygen atoms in total. The average Bonchev–Trinajstić information content (AvgIpc) is 2.78. The van der Waals surface area contributed by atoms with Crippen LogP contribution in [-0.4, -0.2) is 15.0 Å². The molecule has 1 heterocycles. The van der Waals surface area contributed by atoms with Gasteiger partial charge in [0.25, 0.3) is 0 Å². The normalized spacial score (nSPS) is 13.6. The largest absolute Gasteiger partial charge is 0.271 e. The average molecular weight is 245 g/mol. The fraction of sp³-hybridized carbons (Fsp3) is 0.385. The summed E-state index contributed by atoms with van der Waals surface area (Å²) in [6, 6.07) is 10.2. The van der Waals surface area contributed by atoms with Gasteiger partial charge >= 0.3 is 0 Å². The van der Waals surface area contributed by atoms with Crippen molar-refractivity contribution in [3.8, 4) is 0 Å². The molecule has 1 aromatic heterocycles. The van der Waals surface area contributed by atoms with Crippen LogP contribution >= 0.6 is 0 Å². The van der Waals surface area contributed by atoms with Crippen molar-refractivity contribution in [2.75, 3.05) is 0 Å². The lowest BCUT2D eigenvalue weighted by Crippen LogP contribution is -2.42. The molecular formula is C13H19N5. The number of rotatable bonds is 4. The third-order valence-electron chi connectivity index (χ3n) is 3.45. The number of hydrazine groups is 1. The maximum absolute atomic E-state index is 5.74. The van der Waals surface area contributed by atoms with Crippen LogP contribution in [0.3, 0.4) is 0 Å². The molecule has 1 aromatic carbocycles. The Bertz CT molecular complexity index is 503. The molecule has 3 N–H and O–H groups in total. The van der Waals surface area contributed by atoms with Gasteiger partial charge in [0.15, 0.2) is 0 Å². The maximum Gasteiger partial charge on any atom is 0.0775 e. The van der Waals surface area contributed by atoms with E-state index in [0.717, 1.165) is 5.69 Å². The molecule has 1 atom stereocenters. The summed E-state index contributed by atoms with van der Waals surface area (Å²) >= 11 is 0. The molecule has 18 heavy (non-hydrogen) atoms. The van der Waals surface area contributed by atoms with E-state index < -0.39 is 0 Å². The van der Waals surface area contributed by atoms with Crippen LogP contribution in [0.2, 0.25) is 0 Å². The fourth-order valence-corrected chi connectivity index (χ4v) is 2.26. The predicted molar refractivity (Wildman–Crippen MR) is 70.5 cm³/mol. The summed E-state index contributed by atoms with van der Waals surface area (Å²) in [6.45, 7) is 4.31. The highest BCUT2D eigenvalue weighted by atomic mass is 15.4. The van der Waals surface area contributed by atoms with Gasteiger partial charge in [0.1, 0.15) is 0 Å². The fourth-order valence-electron chi connectivity index (χ4n) is 2.26. The Kier molecular flexibility index (Phi) is 3.45. The molecule has 0 saturated carbocycles. The molecule has 2 aromatic rings. The molecule has 1 unspecified atom stereocenters. The summed E-state index contributed by atoms with van der Waals surface area (Å²) in [7, 11) is 1.87. The van der Waals surface area contributed by atoms with Crippen LogP contribution in [0.25, 0.3) is 0 Å². The highest BCUT2D eigenvalue weighted by Gasteiger charge is 2.33. The zero-order valence-corrected chi connectivity index (χ0v) is 11.0. The summed E-state index contributed by atoms with van der Waals surface area (Å²) in [5.74, 6) is 5.74. The van der Waals surface area contributed by atoms with E-state index in [1.54, 1.807) is 10.9 Å². The number of nitrogens with zero attached hydrogens (tertiary/aromatic N) is 3. The standard InChI is InChI=1S/C13H19N5/c1-13(2,10-7-5-4-6-8-10)12(16-14)11-9-15-17-18(11)3/h4-9,12,16H,14H2,1-3H3. The topological polar surface area (TPSA) is 68.8 Å². The number of benzene rings is 1. The second-order valence-electron chi connectivity index (χ2n) is 4.97. The van der Waals surface area contributed by atoms with Crippen molar-refractivity contribution in [2.45, 2.75) is 25.3 Å². The Balaban J connectivity index is 2.42. The molecule has 0 aliphatic heterocycles. The Morgan fingerprint density at radius 1 is 1.28 bits per heavy atom. The van der Waals surface area contributed by atoms with E-state index in [1.807, 2.05) is 25.2 Å². The number of hydrogen-bond acceptors (Lipinski definition) is 4. The lowest BCUT2D eigenvalue weighted by Gasteiger charge is -2.34. The number of aryl methyl sites for hydroxylation is 1. The number of aromatic nitrogens is 3. The van der Waals surface area contributed by atoms with Crippen LogP contribution < -0.4 is 11.3 Å². The SMILES string of the molecule is Cn1nncc1C(NN)C(C)(C)c1ccccc1. The molecule has 96 valence electrons. The van der Waals surface area contributed by atoms with Crippen molar-refractivity contribution >= 4 is 0 Å². The van der Waals surface area contributed by atoms with Crippen molar-refractivity contribution in [3.05, 3.63) is 47.8 Å². The van der Waals surface area contributed by atoms with Gasteiger partial charge in [0, 0.05) is 12.5 Å². The second kappa shape index (κ2) is 4.88. The van der Waals surface area contributed by atoms with Crippen molar-refractivity contribution in [2.24, 2.45) is 12.9 Å². The van der Waals surface area contributed by atoms with Gasteiger partial charge in [-0.15, -0.1) is 5.10 Å². The van der Waals surface area contributed by atoms with Gasteiger partial charge in [0.05, 0.1) is 17.9 Å². The highest BCUT2D eigenvalue weighted by molar-refractivity contribution is 5.28. The minimum atomic E-state index is -0.161. The molecule has 2 rings (SSSR count). The quantitative estimate of drug-likeness (QED) is 0.629. The van der Waals surface area contributed by atoms with Crippen LogP contribution in [0.15, 0.2) is 36.5 Å². The zero-order valence-electron chi connectivity index (χ0n) is 11.0. The Hall–Kier alpha value is -1.72. The molecule has 0 amide bonds. The summed E-state index contributed by atoms with van der Waals surface area (Å²) < 4.78 is 1.75. The van der Waals surface area contributed by atoms with Gasteiger partial charge in [-0.1, -0.05) is 49.4 Å². The van der Waals surface area contributed by atoms with Crippen molar-refractivity contribution < 1.29 is 0 Å². The molecule has 0 spiro atoms. The first kappa shape index (κ1) is 12.7. The zero-order chi connectivity index (χ0) is 13.2. The van der Waals surface area contributed by atoms with Crippen LogP contribution in [0.5, 0.6) is 0 Å². The first-order valence-corrected chi connectivity index (χ1v) is 5.93. The van der Waals surface area contributed by atoms with Crippen LogP contribution in [0, 0.1) is 0 Å². The molecule has 0 aliphatic rings. The Morgan fingerprint density at radius 2 is 1.94 bits per heavy atom. The molecule has 0 aliphatic carbocycles. The molecule has 0 bridgehead atoms. The van der Waals surface area contributed by atoms with E-state index in [0.29, 0.717) is 0 Å². The summed E-state index contributed by atoms with van der Waals surface area (Å²) in [6.07, 6.45) is 1.75. The van der Waals surface area contributed by atoms with Crippen LogP contribution in [0.1, 0.15) is 31.1 Å². The summed E-state index contributed by atoms with van der Waals surface area (Å²) in [5.41, 5.74) is 4.90. The Labute approximate surface area is 107 Å². The van der Waals surface area contributed by atoms with Gasteiger partial charge in [-0.2, -0.15) is 0 Å². The van der Waals surface area contributed by atoms with E-state index in [9.17, 15) is 0 Å². The molecule has 0 saturated heterocycles. The highest BCUT2D eigenvalue weighted by Crippen LogP contribution is 2.35. The summed E-state index contributed by atoms with van der Waals surface area (Å²) in [4.78, 5) is 0. The first-order valence-electron chi connectivity index (χ1n) is 5.93. The third-order valence-corrected chi connectivity index (χ3v) is 3.45. The van der Waals surface area contributed by atoms with Gasteiger partial charge in [-0.05, 0) is 5.56 Å². The summed E-state index contributed by atoms with van der Waals surface area (Å²) in [5, 5.41) is 7.88. The van der Waals surface area contributed by atoms with Gasteiger partial charge in [0.2, 0.25) is 0 Å². The number of hydrogen-bond donors (Lipinski definition) is 2. The minimum absolute atomic E-state index is 0.0556. The van der Waals surface area contributed by atoms with E-state index >= 15 is 0 Å². The van der Waals surface area contributed by atoms with Crippen molar-refractivity contribution in [1.29, 1.82) is 0 Å². The van der Waals surface area contributed by atoms with Crippen LogP contribution in [0.4, 0.5) is 0 Å². The predicted octanol–water partition coefficient (Wildman–Crippen LogP) is 1.30. The number of nitrogens with two attached hydrogens (primary N) is 1. The second-order valence-corrected chi connectivity index (χ2v) is 4.97. The van der Waals surface area contributed by atoms with E-state index in [1.165, 1.54) is 5.56 Å². The third kappa shape index (κ3) is 2.14. The van der Waals surface area contributed by atoms with E-state index in [2.05, 4.69) is 41.7 Å². The van der Waals surface area contributed by atoms with Crippen LogP contribution in [-0.2, 0) is 12.5 Å². The van der Waals surface area contributed by atoms with E-state index in [-0.39, 0.29) is 11.5 Å². The lowest BCUT2D eigenvalue weighted by atomic mass is 9.77. The van der Waals surface area contributed by atoms with Gasteiger partial charge < -0.3 is 0 Å². The molecular weight excluding hydrogens is 226 g/mol. The number of nitrogens with one attached hydrogen (secondary N) is 1. The van der Waals surface area contributed by atoms with Gasteiger partial charge in [-0.25, -0.2) is 0 Å². The monoisotopic (exact) mass is 245 g/mol. The molecule has 0 radical (unpaired) electrons. The van der Waals surface area contributed by atoms with Gasteiger partial charge in [-0.3, -0.25) is 16.0 Å². The molecule has 5 heteroatoms. The minimum Gasteiger partial charge on any atom is -0.271 e. The molecule has 0 fully saturated rings. The maximum atomic E-state index is 5.74. The van der Waals surface area contributed by atoms with Crippen molar-refractivity contribution in [3.63, 3.8) is 0 Å². The smallest absolute Gasteiger partial charge is 0.0775 e. The Morgan fingerprint density at radius 3 is 2.44 bits per heavy atom. The van der Waals surface area contributed by atoms with Crippen molar-refractivity contribution in [1.82, 2.24) is 20.4 Å². The lowest BCUT2D eigenvalue weighted by molar-refractivity contribution is 0.336.